The van der Waals surface area contributed by atoms with Crippen LogP contribution in [0.5, 0.6) is 11.5 Å². The molecule has 2 aromatic carbocycles. The van der Waals surface area contributed by atoms with Gasteiger partial charge in [-0.05, 0) is 38.1 Å². The number of halogens is 1. The Labute approximate surface area is 202 Å². The number of pyridine rings is 1. The van der Waals surface area contributed by atoms with Crippen molar-refractivity contribution in [2.24, 2.45) is 0 Å². The van der Waals surface area contributed by atoms with Gasteiger partial charge in [0.05, 0.1) is 12.0 Å². The lowest BCUT2D eigenvalue weighted by atomic mass is 10.1. The molecule has 3 heterocycles. The molecule has 4 aromatic rings. The van der Waals surface area contributed by atoms with Gasteiger partial charge in [-0.15, -0.1) is 0 Å². The van der Waals surface area contributed by atoms with Gasteiger partial charge in [-0.3, -0.25) is 15.3 Å². The van der Waals surface area contributed by atoms with Crippen molar-refractivity contribution < 1.29 is 19.4 Å². The normalized spacial score (nSPS) is 19.9. The van der Waals surface area contributed by atoms with Crippen molar-refractivity contribution in [1.29, 1.82) is 0 Å². The van der Waals surface area contributed by atoms with Crippen molar-refractivity contribution >= 4 is 28.5 Å². The minimum absolute atomic E-state index is 0.232. The topological polar surface area (TPSA) is 90.7 Å². The third-order valence-electron chi connectivity index (χ3n) is 5.85. The van der Waals surface area contributed by atoms with Gasteiger partial charge < -0.3 is 14.2 Å². The number of nitrogens with one attached hydrogen (secondary N) is 1. The fourth-order valence-electron chi connectivity index (χ4n) is 4.02. The Hall–Kier alpha value is -3.33. The largest absolute Gasteiger partial charge is 0.491 e. The molecule has 34 heavy (non-hydrogen) atoms. The van der Waals surface area contributed by atoms with Crippen molar-refractivity contribution in [2.45, 2.75) is 38.7 Å². The van der Waals surface area contributed by atoms with Crippen LogP contribution < -0.4 is 15.0 Å². The summed E-state index contributed by atoms with van der Waals surface area (Å²) in [6.07, 6.45) is 1.19. The second-order valence-electron chi connectivity index (χ2n) is 8.39. The maximum atomic E-state index is 9.44. The predicted molar refractivity (Wildman–Crippen MR) is 129 cm³/mol. The molecule has 2 aromatic heterocycles. The maximum Gasteiger partial charge on any atom is 0.165 e. The fraction of sp³-hybridized carbons (Fsp3) is 0.280. The highest BCUT2D eigenvalue weighted by atomic mass is 35.5. The molecule has 9 heteroatoms. The first-order valence-electron chi connectivity index (χ1n) is 11.0. The summed E-state index contributed by atoms with van der Waals surface area (Å²) in [5.74, 6) is 1.54. The maximum absolute atomic E-state index is 9.44. The monoisotopic (exact) mass is 480 g/mol. The molecule has 0 radical (unpaired) electrons. The smallest absolute Gasteiger partial charge is 0.165 e. The summed E-state index contributed by atoms with van der Waals surface area (Å²) in [5.41, 5.74) is 5.82. The molecule has 0 spiro atoms. The predicted octanol–water partition coefficient (Wildman–Crippen LogP) is 5.32. The van der Waals surface area contributed by atoms with Gasteiger partial charge in [-0.1, -0.05) is 47.0 Å². The van der Waals surface area contributed by atoms with Crippen molar-refractivity contribution in [1.82, 2.24) is 14.5 Å². The third-order valence-corrected chi connectivity index (χ3v) is 6.05. The van der Waals surface area contributed by atoms with Crippen LogP contribution in [0.2, 0.25) is 5.15 Å². The molecule has 0 amide bonds. The summed E-state index contributed by atoms with van der Waals surface area (Å²) >= 11 is 6.16. The quantitative estimate of drug-likeness (QED) is 0.273. The van der Waals surface area contributed by atoms with Crippen LogP contribution in [0.15, 0.2) is 60.9 Å². The number of ether oxygens (including phenoxy) is 3. The average Bonchev–Trinajstić information content (AvgIpc) is 3.43. The minimum Gasteiger partial charge on any atom is -0.491 e. The zero-order chi connectivity index (χ0) is 23.7. The van der Waals surface area contributed by atoms with E-state index >= 15 is 0 Å². The highest BCUT2D eigenvalue weighted by Gasteiger charge is 2.39. The fourth-order valence-corrected chi connectivity index (χ4v) is 4.21. The Morgan fingerprint density at radius 2 is 1.76 bits per heavy atom. The van der Waals surface area contributed by atoms with Crippen LogP contribution in [0.3, 0.4) is 0 Å². The van der Waals surface area contributed by atoms with E-state index in [1.54, 1.807) is 10.9 Å². The molecule has 176 valence electrons. The molecule has 1 aliphatic heterocycles. The molecular formula is C25H25ClN4O4. The highest BCUT2D eigenvalue weighted by Crippen LogP contribution is 2.35. The molecule has 3 unspecified atom stereocenters. The highest BCUT2D eigenvalue weighted by molar-refractivity contribution is 6.30. The second kappa shape index (κ2) is 9.50. The Morgan fingerprint density at radius 3 is 2.44 bits per heavy atom. The van der Waals surface area contributed by atoms with E-state index < -0.39 is 6.23 Å². The van der Waals surface area contributed by atoms with Crippen molar-refractivity contribution in [2.75, 3.05) is 12.1 Å². The molecule has 8 nitrogen and oxygen atoms in total. The summed E-state index contributed by atoms with van der Waals surface area (Å²) < 4.78 is 20.5. The molecule has 1 aliphatic rings. The molecule has 3 atom stereocenters. The van der Waals surface area contributed by atoms with Crippen LogP contribution >= 0.6 is 11.6 Å². The summed E-state index contributed by atoms with van der Waals surface area (Å²) in [4.78, 5) is 8.79. The van der Waals surface area contributed by atoms with Crippen LogP contribution in [0.1, 0.15) is 23.8 Å². The van der Waals surface area contributed by atoms with Crippen LogP contribution in [-0.4, -0.2) is 38.6 Å². The van der Waals surface area contributed by atoms with Crippen molar-refractivity contribution in [3.63, 3.8) is 0 Å². The van der Waals surface area contributed by atoms with Crippen molar-refractivity contribution in [3.05, 3.63) is 77.2 Å². The van der Waals surface area contributed by atoms with E-state index in [9.17, 15) is 5.21 Å². The van der Waals surface area contributed by atoms with Gasteiger partial charge in [0.25, 0.3) is 0 Å². The molecule has 1 saturated heterocycles. The Balaban J connectivity index is 1.40. The van der Waals surface area contributed by atoms with Crippen LogP contribution in [0.25, 0.3) is 11.2 Å². The lowest BCUT2D eigenvalue weighted by Crippen LogP contribution is -2.32. The van der Waals surface area contributed by atoms with Crippen LogP contribution in [0.4, 0.5) is 5.69 Å². The van der Waals surface area contributed by atoms with E-state index in [4.69, 9.17) is 25.8 Å². The molecule has 0 aliphatic carbocycles. The number of aromatic nitrogens is 3. The number of rotatable bonds is 7. The van der Waals surface area contributed by atoms with Gasteiger partial charge in [-0.25, -0.2) is 9.97 Å². The average molecular weight is 481 g/mol. The van der Waals surface area contributed by atoms with Crippen molar-refractivity contribution in [3.8, 4) is 11.5 Å². The molecule has 1 fully saturated rings. The number of aryl methyl sites for hydroxylation is 2. The summed E-state index contributed by atoms with van der Waals surface area (Å²) in [6.45, 7) is 4.39. The standard InChI is InChI=1S/C25H25ClN4O4/c1-15-3-7-17(8-4-15)32-13-21-20(33-18-9-5-16(2)6-10-18)12-23(34-21)30-14-27-24-19(29-31)11-22(26)28-25(24)30/h3-11,14,20-21,23,31H,12-13H2,1-2H3,(H,28,29). The Kier molecular flexibility index (Phi) is 6.28. The summed E-state index contributed by atoms with van der Waals surface area (Å²) in [5, 5.41) is 9.68. The first-order valence-corrected chi connectivity index (χ1v) is 11.4. The number of nitrogens with zero attached hydrogens (tertiary/aromatic N) is 3. The zero-order valence-corrected chi connectivity index (χ0v) is 19.6. The van der Waals surface area contributed by atoms with Gasteiger partial charge in [-0.2, -0.15) is 0 Å². The van der Waals surface area contributed by atoms with E-state index in [0.717, 1.165) is 17.1 Å². The zero-order valence-electron chi connectivity index (χ0n) is 18.8. The first-order chi connectivity index (χ1) is 16.5. The van der Waals surface area contributed by atoms with E-state index in [1.165, 1.54) is 11.6 Å². The first kappa shape index (κ1) is 22.5. The molecule has 0 bridgehead atoms. The second-order valence-corrected chi connectivity index (χ2v) is 8.77. The number of hydrogen-bond donors (Lipinski definition) is 2. The van der Waals surface area contributed by atoms with Gasteiger partial charge in [0.15, 0.2) is 5.65 Å². The number of hydrogen-bond acceptors (Lipinski definition) is 7. The molecular weight excluding hydrogens is 456 g/mol. The lowest BCUT2D eigenvalue weighted by Gasteiger charge is -2.20. The number of anilines is 1. The molecule has 0 saturated carbocycles. The van der Waals surface area contributed by atoms with Gasteiger partial charge in [0, 0.05) is 12.5 Å². The summed E-state index contributed by atoms with van der Waals surface area (Å²) in [6, 6.07) is 17.3. The minimum atomic E-state index is -0.399. The third kappa shape index (κ3) is 4.65. The SMILES string of the molecule is Cc1ccc(OCC2OC(n3cnc4c(NO)cc(Cl)nc43)CC2Oc2ccc(C)cc2)cc1. The molecule has 2 N–H and O–H groups in total. The molecule has 5 rings (SSSR count). The summed E-state index contributed by atoms with van der Waals surface area (Å²) in [7, 11) is 0. The number of fused-ring (bicyclic) bond motifs is 1. The van der Waals surface area contributed by atoms with Crippen LogP contribution in [-0.2, 0) is 4.74 Å². The van der Waals surface area contributed by atoms with Gasteiger partial charge in [0.2, 0.25) is 0 Å². The van der Waals surface area contributed by atoms with Crippen LogP contribution in [0, 0.1) is 13.8 Å². The Bertz CT molecular complexity index is 1280. The Morgan fingerprint density at radius 1 is 1.09 bits per heavy atom. The van der Waals surface area contributed by atoms with Gasteiger partial charge in [0.1, 0.15) is 47.2 Å². The van der Waals surface area contributed by atoms with Gasteiger partial charge >= 0.3 is 0 Å². The van der Waals surface area contributed by atoms with E-state index in [0.29, 0.717) is 29.9 Å². The van der Waals surface area contributed by atoms with E-state index in [2.05, 4.69) is 15.4 Å². The lowest BCUT2D eigenvalue weighted by molar-refractivity contribution is -0.0341. The van der Waals surface area contributed by atoms with E-state index in [-0.39, 0.29) is 17.4 Å². The number of benzene rings is 2. The van der Waals surface area contributed by atoms with E-state index in [1.807, 2.05) is 62.4 Å². The number of imidazole rings is 1.